The van der Waals surface area contributed by atoms with Crippen molar-refractivity contribution in [2.45, 2.75) is 253 Å². The Morgan fingerprint density at radius 2 is 0.426 bits per heavy atom. The maximum absolute atomic E-state index is 11.5. The number of ether oxygens (including phenoxy) is 20. The van der Waals surface area contributed by atoms with E-state index >= 15 is 0 Å². The summed E-state index contributed by atoms with van der Waals surface area (Å²) >= 11 is 5.89. The van der Waals surface area contributed by atoms with Crippen LogP contribution in [0, 0.1) is 0 Å². The average molecular weight is 1760 g/mol. The van der Waals surface area contributed by atoms with Crippen molar-refractivity contribution in [3.05, 3.63) is 0 Å². The lowest BCUT2D eigenvalue weighted by Gasteiger charge is -2.42. The molecule has 35 atom stereocenters. The van der Waals surface area contributed by atoms with Crippen molar-refractivity contribution in [3.63, 3.8) is 0 Å². The van der Waals surface area contributed by atoms with Crippen molar-refractivity contribution < 1.29 is 207 Å². The SMILES string of the molecule is CO[C@H]1O[C@H](COCCCO[C@H]2O[C@H](COCCCSCCO[C@H]3O[C@H](CO)[C@@H](O)[C@H](O)[C@@H]3O)[C@@H](O)[C@H](OCCCSCCO[C@H]3O[C@H](CO)[C@@H](O)[C@H](O)[C@@H]3O)[C@@H]2O)[C@@H](O)[C@H](OCCCO[C@H]2O[C@H](COCCCSCCO[C@H]3O[C@H](CO)[C@@H](O)[C@H](O)[C@@H]3O)[C@@H](O)[C@H](OCCCSCCO[C@H]3O[C@H](CO)[C@@H](O)[C@H](O)[C@@H]3O)[C@@H]2O)[C@@H]1O. The van der Waals surface area contributed by atoms with E-state index in [1.807, 2.05) is 0 Å². The molecule has 0 spiro atoms. The van der Waals surface area contributed by atoms with Gasteiger partial charge in [0.25, 0.3) is 0 Å². The van der Waals surface area contributed by atoms with Crippen molar-refractivity contribution in [3.8, 4) is 0 Å². The van der Waals surface area contributed by atoms with Crippen LogP contribution in [-0.4, -0.2) is 506 Å². The molecule has 678 valence electrons. The molecule has 7 rings (SSSR count). The Bertz CT molecular complexity index is 2500. The second kappa shape index (κ2) is 55.2. The smallest absolute Gasteiger partial charge is 0.186 e. The molecule has 42 nitrogen and oxygen atoms in total. The molecule has 0 aromatic carbocycles. The van der Waals surface area contributed by atoms with Crippen LogP contribution in [-0.2, 0) is 94.7 Å². The van der Waals surface area contributed by atoms with Gasteiger partial charge in [0.05, 0.1) is 85.9 Å². The number of thioether (sulfide) groups is 4. The molecular formula is C69H126O42S4. The molecule has 22 N–H and O–H groups in total. The highest BCUT2D eigenvalue weighted by Gasteiger charge is 2.52. The first kappa shape index (κ1) is 102. The predicted octanol–water partition coefficient (Wildman–Crippen LogP) is -10.2. The van der Waals surface area contributed by atoms with E-state index in [2.05, 4.69) is 0 Å². The van der Waals surface area contributed by atoms with Crippen LogP contribution in [0.1, 0.15) is 38.5 Å². The number of aliphatic hydroxyl groups excluding tert-OH is 22. The molecule has 115 heavy (non-hydrogen) atoms. The minimum Gasteiger partial charge on any atom is -0.394 e. The molecular weight excluding hydrogens is 1630 g/mol. The van der Waals surface area contributed by atoms with Crippen LogP contribution in [0.2, 0.25) is 0 Å². The molecule has 7 heterocycles. The standard InChI is InChI=1S/C69H126O42S4/c1-92-63-57(89)60(96-11-3-13-100-69-59(91)62(98-15-7-23-115-27-19-104-67-56(88)52(84)45(77)38(31-73)108-67)48(80)41(111-69)34-95-10-5-21-113-25-17-102-65-54(86)50(82)43(75)36(29-71)106-65)46(78)39(109-63)32-93-8-2-12-99-68-58(90)61(97-14-6-22-114-26-18-103-66-55(87)51(83)44(76)37(30-72)107-66)47(79)40(110-68)33-94-9-4-20-112-24-16-101-64-53(85)49(81)42(74)35(28-70)105-64/h35-91H,2-34H2,1H3/t35-,36-,37-,38-,39-,40-,41-,42-,43-,44-,45-,46-,47-,48-,49+,50+,51+,52+,53+,54+,55+,56+,57+,58+,59+,60+,61+,62+,63+,64+,65+,66+,67+,68+,69+/m1/s1. The molecule has 0 unspecified atom stereocenters. The van der Waals surface area contributed by atoms with Crippen LogP contribution < -0.4 is 0 Å². The number of methoxy groups -OCH3 is 1. The van der Waals surface area contributed by atoms with Crippen LogP contribution >= 0.6 is 47.0 Å². The summed E-state index contributed by atoms with van der Waals surface area (Å²) in [4.78, 5) is 0. The molecule has 0 saturated carbocycles. The summed E-state index contributed by atoms with van der Waals surface area (Å²) in [5, 5.41) is 228. The van der Waals surface area contributed by atoms with E-state index in [4.69, 9.17) is 94.7 Å². The van der Waals surface area contributed by atoms with Crippen molar-refractivity contribution in [1.29, 1.82) is 0 Å². The average Bonchev–Trinajstić information content (AvgIpc) is 0.789. The monoisotopic (exact) mass is 1750 g/mol. The van der Waals surface area contributed by atoms with Gasteiger partial charge in [-0.25, -0.2) is 0 Å². The van der Waals surface area contributed by atoms with Gasteiger partial charge in [-0.1, -0.05) is 0 Å². The van der Waals surface area contributed by atoms with E-state index in [9.17, 15) is 112 Å². The minimum absolute atomic E-state index is 0.0347. The van der Waals surface area contributed by atoms with Gasteiger partial charge < -0.3 is 207 Å². The molecule has 0 aliphatic carbocycles. The molecule has 0 amide bonds. The molecule has 7 aliphatic heterocycles. The molecule has 46 heteroatoms. The summed E-state index contributed by atoms with van der Waals surface area (Å²) in [6, 6.07) is 0. The lowest BCUT2D eigenvalue weighted by Crippen LogP contribution is -2.60. The molecule has 7 saturated heterocycles. The second-order valence-electron chi connectivity index (χ2n) is 28.1. The fraction of sp³-hybridized carbons (Fsp3) is 1.00. The first-order valence-corrected chi connectivity index (χ1v) is 43.4. The lowest BCUT2D eigenvalue weighted by atomic mass is 9.99. The van der Waals surface area contributed by atoms with E-state index in [-0.39, 0.29) is 112 Å². The number of rotatable bonds is 56. The van der Waals surface area contributed by atoms with E-state index < -0.39 is 241 Å². The second-order valence-corrected chi connectivity index (χ2v) is 33.0. The molecule has 7 fully saturated rings. The molecule has 0 aromatic rings. The number of hydrogen-bond acceptors (Lipinski definition) is 46. The fourth-order valence-electron chi connectivity index (χ4n) is 13.0. The third-order valence-corrected chi connectivity index (χ3v) is 23.8. The third kappa shape index (κ3) is 31.4. The molecule has 0 bridgehead atoms. The predicted molar refractivity (Wildman–Crippen MR) is 398 cm³/mol. The fourth-order valence-corrected chi connectivity index (χ4v) is 16.0. The van der Waals surface area contributed by atoms with Crippen molar-refractivity contribution in [2.75, 3.05) is 179 Å². The van der Waals surface area contributed by atoms with Gasteiger partial charge in [0.2, 0.25) is 0 Å². The third-order valence-electron chi connectivity index (χ3n) is 19.7. The van der Waals surface area contributed by atoms with Gasteiger partial charge in [0.15, 0.2) is 44.0 Å². The first-order chi connectivity index (χ1) is 55.4. The maximum atomic E-state index is 11.5. The van der Waals surface area contributed by atoms with Crippen molar-refractivity contribution in [1.82, 2.24) is 0 Å². The van der Waals surface area contributed by atoms with Crippen LogP contribution in [0.25, 0.3) is 0 Å². The van der Waals surface area contributed by atoms with E-state index in [0.29, 0.717) is 71.7 Å². The summed E-state index contributed by atoms with van der Waals surface area (Å²) < 4.78 is 115. The molecule has 7 aliphatic rings. The summed E-state index contributed by atoms with van der Waals surface area (Å²) in [6.07, 6.45) is -45.0. The Balaban J connectivity index is 0.831. The van der Waals surface area contributed by atoms with Crippen LogP contribution in [0.3, 0.4) is 0 Å². The lowest BCUT2D eigenvalue weighted by molar-refractivity contribution is -0.312. The highest BCUT2D eigenvalue weighted by atomic mass is 32.2. The van der Waals surface area contributed by atoms with Gasteiger partial charge in [-0.3, -0.25) is 0 Å². The normalized spacial score (nSPS) is 40.1. The summed E-state index contributed by atoms with van der Waals surface area (Å²) in [5.74, 6) is 4.04. The Morgan fingerprint density at radius 1 is 0.209 bits per heavy atom. The van der Waals surface area contributed by atoms with Crippen LogP contribution in [0.4, 0.5) is 0 Å². The van der Waals surface area contributed by atoms with Gasteiger partial charge in [-0.05, 0) is 61.5 Å². The summed E-state index contributed by atoms with van der Waals surface area (Å²) in [7, 11) is 1.30. The minimum atomic E-state index is -1.58. The molecule has 0 aromatic heterocycles. The topological polar surface area (TPSA) is 630 Å². The van der Waals surface area contributed by atoms with Gasteiger partial charge in [0.1, 0.15) is 171 Å². The van der Waals surface area contributed by atoms with Gasteiger partial charge in [-0.15, -0.1) is 0 Å². The summed E-state index contributed by atoms with van der Waals surface area (Å²) in [5.41, 5.74) is 0. The Kier molecular flexibility index (Phi) is 48.9. The van der Waals surface area contributed by atoms with Gasteiger partial charge in [-0.2, -0.15) is 47.0 Å². The Labute approximate surface area is 683 Å². The number of aliphatic hydroxyl groups is 22. The van der Waals surface area contributed by atoms with Crippen molar-refractivity contribution in [2.24, 2.45) is 0 Å². The quantitative estimate of drug-likeness (QED) is 0.0251. The van der Waals surface area contributed by atoms with Gasteiger partial charge in [0, 0.05) is 69.8 Å². The zero-order valence-corrected chi connectivity index (χ0v) is 67.4. The maximum Gasteiger partial charge on any atom is 0.186 e. The highest BCUT2D eigenvalue weighted by molar-refractivity contribution is 7.99. The molecule has 0 radical (unpaired) electrons. The largest absolute Gasteiger partial charge is 0.394 e. The van der Waals surface area contributed by atoms with E-state index in [1.54, 1.807) is 0 Å². The van der Waals surface area contributed by atoms with Gasteiger partial charge >= 0.3 is 0 Å². The van der Waals surface area contributed by atoms with E-state index in [0.717, 1.165) is 0 Å². The zero-order chi connectivity index (χ0) is 83.5. The van der Waals surface area contributed by atoms with Crippen LogP contribution in [0.15, 0.2) is 0 Å². The van der Waals surface area contributed by atoms with E-state index in [1.165, 1.54) is 54.2 Å². The zero-order valence-electron chi connectivity index (χ0n) is 64.2. The Morgan fingerprint density at radius 3 is 0.713 bits per heavy atom. The number of hydrogen-bond donors (Lipinski definition) is 22. The van der Waals surface area contributed by atoms with Crippen molar-refractivity contribution >= 4 is 47.0 Å². The van der Waals surface area contributed by atoms with Crippen LogP contribution in [0.5, 0.6) is 0 Å². The Hall–Kier alpha value is -0.280. The highest BCUT2D eigenvalue weighted by Crippen LogP contribution is 2.32. The first-order valence-electron chi connectivity index (χ1n) is 38.8. The summed E-state index contributed by atoms with van der Waals surface area (Å²) in [6.45, 7) is -1.99.